The van der Waals surface area contributed by atoms with Gasteiger partial charge < -0.3 is 15.0 Å². The average molecular weight is 369 g/mol. The summed E-state index contributed by atoms with van der Waals surface area (Å²) < 4.78 is 2.09. The predicted molar refractivity (Wildman–Crippen MR) is 104 cm³/mol. The van der Waals surface area contributed by atoms with Crippen molar-refractivity contribution in [3.05, 3.63) is 24.3 Å². The van der Waals surface area contributed by atoms with Gasteiger partial charge in [-0.05, 0) is 57.3 Å². The Labute approximate surface area is 158 Å². The number of carboxylic acid groups (broad SMARTS) is 1. The van der Waals surface area contributed by atoms with Gasteiger partial charge >= 0.3 is 5.97 Å². The van der Waals surface area contributed by atoms with Gasteiger partial charge in [0.15, 0.2) is 11.5 Å². The fourth-order valence-electron chi connectivity index (χ4n) is 4.13. The minimum absolute atomic E-state index is 0.204. The molecule has 2 fully saturated rings. The van der Waals surface area contributed by atoms with Crippen molar-refractivity contribution in [3.8, 4) is 0 Å². The average Bonchev–Trinajstić information content (AvgIpc) is 2.98. The summed E-state index contributed by atoms with van der Waals surface area (Å²) in [7, 11) is 0. The lowest BCUT2D eigenvalue weighted by Crippen LogP contribution is -2.31. The van der Waals surface area contributed by atoms with Crippen LogP contribution in [0, 0.1) is 11.8 Å². The van der Waals surface area contributed by atoms with E-state index < -0.39 is 5.97 Å². The Balaban J connectivity index is 1.65. The van der Waals surface area contributed by atoms with Gasteiger partial charge in [0, 0.05) is 12.6 Å². The first-order valence-electron chi connectivity index (χ1n) is 9.90. The molecule has 2 aromatic rings. The number of fused-ring (bicyclic) bond motifs is 1. The molecule has 7 heteroatoms. The second-order valence-electron chi connectivity index (χ2n) is 8.09. The van der Waals surface area contributed by atoms with Crippen LogP contribution in [0.2, 0.25) is 0 Å². The van der Waals surface area contributed by atoms with Crippen LogP contribution in [0.5, 0.6) is 0 Å². The molecule has 2 saturated carbocycles. The van der Waals surface area contributed by atoms with Crippen molar-refractivity contribution < 1.29 is 9.90 Å². The third kappa shape index (κ3) is 3.68. The van der Waals surface area contributed by atoms with Gasteiger partial charge in [0.2, 0.25) is 5.82 Å². The Hall–Kier alpha value is -2.44. The van der Waals surface area contributed by atoms with Crippen LogP contribution in [-0.4, -0.2) is 36.6 Å². The Morgan fingerprint density at radius 3 is 2.70 bits per heavy atom. The molecule has 0 radical (unpaired) electrons. The predicted octanol–water partition coefficient (Wildman–Crippen LogP) is 3.87. The first kappa shape index (κ1) is 17.9. The van der Waals surface area contributed by atoms with Crippen LogP contribution in [-0.2, 0) is 6.54 Å². The van der Waals surface area contributed by atoms with E-state index in [1.807, 2.05) is 0 Å². The van der Waals surface area contributed by atoms with Crippen LogP contribution in [0.3, 0.4) is 0 Å². The van der Waals surface area contributed by atoms with E-state index in [-0.39, 0.29) is 11.9 Å². The van der Waals surface area contributed by atoms with Gasteiger partial charge in [-0.25, -0.2) is 19.7 Å². The second kappa shape index (κ2) is 7.29. The number of rotatable bonds is 6. The van der Waals surface area contributed by atoms with Crippen LogP contribution >= 0.6 is 0 Å². The molecule has 0 amide bonds. The molecule has 0 spiro atoms. The lowest BCUT2D eigenvalue weighted by Gasteiger charge is -2.32. The van der Waals surface area contributed by atoms with Crippen molar-refractivity contribution in [1.82, 2.24) is 19.5 Å². The van der Waals surface area contributed by atoms with Gasteiger partial charge in [-0.3, -0.25) is 0 Å². The first-order chi connectivity index (χ1) is 13.0. The van der Waals surface area contributed by atoms with Crippen LogP contribution in [0.1, 0.15) is 62.5 Å². The molecular weight excluding hydrogens is 342 g/mol. The normalized spacial score (nSPS) is 19.8. The maximum absolute atomic E-state index is 11.4. The number of carbonyl (C=O) groups is 1. The van der Waals surface area contributed by atoms with Crippen LogP contribution in [0.4, 0.5) is 5.82 Å². The van der Waals surface area contributed by atoms with E-state index in [2.05, 4.69) is 38.3 Å². The summed E-state index contributed by atoms with van der Waals surface area (Å²) in [5.41, 5.74) is 2.61. The Morgan fingerprint density at radius 1 is 1.33 bits per heavy atom. The standard InChI is InChI=1S/C20H27N5O2/c1-12-6-8-14(9-7-12)10-25-11-21-17-16(25)18(24-19(23-17)20(26)27)22-13(2)15-4-3-5-15/h11,13-15H,1,3-10H2,2H3,(H,26,27)(H,22,23,24). The Bertz CT molecular complexity index is 861. The summed E-state index contributed by atoms with van der Waals surface area (Å²) in [4.78, 5) is 24.3. The van der Waals surface area contributed by atoms with Crippen molar-refractivity contribution in [2.75, 3.05) is 5.32 Å². The molecule has 0 aliphatic heterocycles. The zero-order valence-corrected chi connectivity index (χ0v) is 15.8. The monoisotopic (exact) mass is 369 g/mol. The second-order valence-corrected chi connectivity index (χ2v) is 8.09. The van der Waals surface area contributed by atoms with Crippen molar-refractivity contribution in [2.45, 2.75) is 64.5 Å². The summed E-state index contributed by atoms with van der Waals surface area (Å²) in [6.07, 6.45) is 9.89. The highest BCUT2D eigenvalue weighted by Crippen LogP contribution is 2.33. The number of aromatic carboxylic acids is 1. The zero-order valence-electron chi connectivity index (χ0n) is 15.8. The van der Waals surface area contributed by atoms with Gasteiger partial charge in [-0.15, -0.1) is 0 Å². The van der Waals surface area contributed by atoms with Gasteiger partial charge in [-0.1, -0.05) is 18.6 Å². The molecule has 0 saturated heterocycles. The largest absolute Gasteiger partial charge is 0.475 e. The molecule has 2 aromatic heterocycles. The molecule has 144 valence electrons. The number of carboxylic acids is 1. The molecule has 7 nitrogen and oxygen atoms in total. The van der Waals surface area contributed by atoms with Gasteiger partial charge in [-0.2, -0.15) is 0 Å². The molecule has 27 heavy (non-hydrogen) atoms. The molecule has 1 unspecified atom stereocenters. The molecular formula is C20H27N5O2. The number of nitrogens with one attached hydrogen (secondary N) is 1. The molecule has 2 heterocycles. The maximum atomic E-state index is 11.4. The first-order valence-corrected chi connectivity index (χ1v) is 9.90. The molecule has 1 atom stereocenters. The minimum Gasteiger partial charge on any atom is -0.475 e. The maximum Gasteiger partial charge on any atom is 0.374 e. The van der Waals surface area contributed by atoms with Gasteiger partial charge in [0.05, 0.1) is 6.33 Å². The van der Waals surface area contributed by atoms with Crippen molar-refractivity contribution in [3.63, 3.8) is 0 Å². The fourth-order valence-corrected chi connectivity index (χ4v) is 4.13. The lowest BCUT2D eigenvalue weighted by molar-refractivity contribution is 0.0684. The smallest absolute Gasteiger partial charge is 0.374 e. The van der Waals surface area contributed by atoms with E-state index in [1.165, 1.54) is 24.8 Å². The molecule has 0 aromatic carbocycles. The summed E-state index contributed by atoms with van der Waals surface area (Å²) in [5.74, 6) is 0.448. The topological polar surface area (TPSA) is 92.9 Å². The SMILES string of the molecule is C=C1CCC(Cn2cnc3nc(C(=O)O)nc(NC(C)C4CCC4)c32)CC1. The van der Waals surface area contributed by atoms with Crippen LogP contribution in [0.15, 0.2) is 18.5 Å². The van der Waals surface area contributed by atoms with E-state index in [9.17, 15) is 9.90 Å². The van der Waals surface area contributed by atoms with Crippen LogP contribution < -0.4 is 5.32 Å². The number of allylic oxidation sites excluding steroid dienone is 1. The Morgan fingerprint density at radius 2 is 2.07 bits per heavy atom. The van der Waals surface area contributed by atoms with E-state index in [0.29, 0.717) is 23.3 Å². The number of imidazole rings is 1. The molecule has 2 aliphatic carbocycles. The third-order valence-corrected chi connectivity index (χ3v) is 6.15. The fraction of sp³-hybridized carbons (Fsp3) is 0.600. The lowest BCUT2D eigenvalue weighted by atomic mass is 9.80. The van der Waals surface area contributed by atoms with E-state index >= 15 is 0 Å². The molecule has 2 N–H and O–H groups in total. The number of hydrogen-bond donors (Lipinski definition) is 2. The number of anilines is 1. The number of hydrogen-bond acceptors (Lipinski definition) is 5. The number of nitrogens with zero attached hydrogens (tertiary/aromatic N) is 4. The zero-order chi connectivity index (χ0) is 19.0. The summed E-state index contributed by atoms with van der Waals surface area (Å²) in [5, 5.41) is 12.8. The van der Waals surface area contributed by atoms with Crippen molar-refractivity contribution in [1.29, 1.82) is 0 Å². The summed E-state index contributed by atoms with van der Waals surface area (Å²) >= 11 is 0. The van der Waals surface area contributed by atoms with Crippen molar-refractivity contribution >= 4 is 23.0 Å². The highest BCUT2D eigenvalue weighted by molar-refractivity contribution is 5.90. The highest BCUT2D eigenvalue weighted by Gasteiger charge is 2.26. The van der Waals surface area contributed by atoms with Gasteiger partial charge in [0.25, 0.3) is 0 Å². The third-order valence-electron chi connectivity index (χ3n) is 6.15. The Kier molecular flexibility index (Phi) is 4.85. The summed E-state index contributed by atoms with van der Waals surface area (Å²) in [6.45, 7) is 7.09. The van der Waals surface area contributed by atoms with E-state index in [1.54, 1.807) is 6.33 Å². The van der Waals surface area contributed by atoms with Crippen LogP contribution in [0.25, 0.3) is 11.2 Å². The van der Waals surface area contributed by atoms with Gasteiger partial charge in [0.1, 0.15) is 5.52 Å². The highest BCUT2D eigenvalue weighted by atomic mass is 16.4. The van der Waals surface area contributed by atoms with Crippen molar-refractivity contribution in [2.24, 2.45) is 11.8 Å². The molecule has 0 bridgehead atoms. The summed E-state index contributed by atoms with van der Waals surface area (Å²) in [6, 6.07) is 0.250. The van der Waals surface area contributed by atoms with E-state index in [4.69, 9.17) is 0 Å². The quantitative estimate of drug-likeness (QED) is 0.751. The van der Waals surface area contributed by atoms with E-state index in [0.717, 1.165) is 37.7 Å². The molecule has 2 aliphatic rings. The molecule has 4 rings (SSSR count). The minimum atomic E-state index is -1.13. The number of aromatic nitrogens is 4.